The van der Waals surface area contributed by atoms with Crippen molar-refractivity contribution in [2.45, 2.75) is 38.8 Å². The molecule has 5 heteroatoms. The fraction of sp³-hybridized carbons (Fsp3) is 0.438. The molecule has 0 amide bonds. The van der Waals surface area contributed by atoms with Crippen LogP contribution >= 0.6 is 0 Å². The van der Waals surface area contributed by atoms with Crippen molar-refractivity contribution in [1.29, 1.82) is 5.26 Å². The van der Waals surface area contributed by atoms with E-state index in [1.54, 1.807) is 0 Å². The number of nitrogens with zero attached hydrogens (tertiary/aromatic N) is 4. The number of likely N-dealkylation sites (tertiary alicyclic amines) is 1. The number of aromatic nitrogens is 3. The molecule has 1 fully saturated rings. The minimum Gasteiger partial charge on any atom is -0.289 e. The van der Waals surface area contributed by atoms with Crippen LogP contribution in [0.15, 0.2) is 24.3 Å². The summed E-state index contributed by atoms with van der Waals surface area (Å²) >= 11 is 0. The predicted octanol–water partition coefficient (Wildman–Crippen LogP) is 2.71. The van der Waals surface area contributed by atoms with Gasteiger partial charge in [-0.05, 0) is 37.9 Å². The van der Waals surface area contributed by atoms with Gasteiger partial charge in [-0.1, -0.05) is 24.6 Å². The molecule has 0 radical (unpaired) electrons. The Morgan fingerprint density at radius 3 is 3.00 bits per heavy atom. The van der Waals surface area contributed by atoms with Crippen molar-refractivity contribution in [3.8, 4) is 6.07 Å². The maximum Gasteiger partial charge on any atom is 0.167 e. The standard InChI is InChI=1S/C16H19N5/c1-12-18-16(20-19-12)15-8-4-5-9-21(15)11-14-7-3-2-6-13(14)10-17/h2-3,6-7,15H,4-5,8-9,11H2,1H3,(H,18,19,20). The molecule has 0 aliphatic carbocycles. The van der Waals surface area contributed by atoms with Gasteiger partial charge < -0.3 is 0 Å². The van der Waals surface area contributed by atoms with Gasteiger partial charge in [-0.3, -0.25) is 10.00 Å². The number of benzene rings is 1. The zero-order valence-corrected chi connectivity index (χ0v) is 12.2. The van der Waals surface area contributed by atoms with Crippen LogP contribution in [0.25, 0.3) is 0 Å². The average molecular weight is 281 g/mol. The molecule has 0 bridgehead atoms. The molecule has 21 heavy (non-hydrogen) atoms. The highest BCUT2D eigenvalue weighted by Crippen LogP contribution is 2.30. The molecule has 1 unspecified atom stereocenters. The second-order valence-corrected chi connectivity index (χ2v) is 5.53. The van der Waals surface area contributed by atoms with Crippen molar-refractivity contribution in [2.24, 2.45) is 0 Å². The van der Waals surface area contributed by atoms with E-state index in [1.165, 1.54) is 12.8 Å². The van der Waals surface area contributed by atoms with Crippen molar-refractivity contribution in [3.05, 3.63) is 47.0 Å². The lowest BCUT2D eigenvalue weighted by Crippen LogP contribution is -2.33. The summed E-state index contributed by atoms with van der Waals surface area (Å²) in [6.45, 7) is 3.73. The first-order chi connectivity index (χ1) is 10.3. The molecule has 5 nitrogen and oxygen atoms in total. The van der Waals surface area contributed by atoms with Crippen LogP contribution in [-0.2, 0) is 6.54 Å². The summed E-state index contributed by atoms with van der Waals surface area (Å²) in [5.74, 6) is 1.73. The van der Waals surface area contributed by atoms with E-state index < -0.39 is 0 Å². The van der Waals surface area contributed by atoms with E-state index in [-0.39, 0.29) is 6.04 Å². The maximum absolute atomic E-state index is 9.24. The number of hydrogen-bond acceptors (Lipinski definition) is 4. The van der Waals surface area contributed by atoms with Crippen LogP contribution in [0.2, 0.25) is 0 Å². The summed E-state index contributed by atoms with van der Waals surface area (Å²) in [5.41, 5.74) is 1.84. The van der Waals surface area contributed by atoms with Crippen LogP contribution in [-0.4, -0.2) is 26.6 Å². The summed E-state index contributed by atoms with van der Waals surface area (Å²) in [5, 5.41) is 16.5. The van der Waals surface area contributed by atoms with Crippen molar-refractivity contribution in [3.63, 3.8) is 0 Å². The zero-order chi connectivity index (χ0) is 14.7. The summed E-state index contributed by atoms with van der Waals surface area (Å²) in [4.78, 5) is 6.89. The monoisotopic (exact) mass is 281 g/mol. The van der Waals surface area contributed by atoms with E-state index in [2.05, 4.69) is 26.2 Å². The molecule has 1 aromatic heterocycles. The number of aryl methyl sites for hydroxylation is 1. The molecule has 1 N–H and O–H groups in total. The average Bonchev–Trinajstić information content (AvgIpc) is 2.95. The maximum atomic E-state index is 9.24. The third-order valence-electron chi connectivity index (χ3n) is 4.04. The van der Waals surface area contributed by atoms with Gasteiger partial charge in [-0.25, -0.2) is 4.98 Å². The fourth-order valence-electron chi connectivity index (χ4n) is 2.97. The van der Waals surface area contributed by atoms with Crippen LogP contribution in [0.3, 0.4) is 0 Å². The minimum absolute atomic E-state index is 0.246. The topological polar surface area (TPSA) is 68.6 Å². The first-order valence-electron chi connectivity index (χ1n) is 7.39. The number of rotatable bonds is 3. The lowest BCUT2D eigenvalue weighted by atomic mass is 9.99. The van der Waals surface area contributed by atoms with Crippen LogP contribution in [0.4, 0.5) is 0 Å². The lowest BCUT2D eigenvalue weighted by molar-refractivity contribution is 0.134. The highest BCUT2D eigenvalue weighted by molar-refractivity contribution is 5.37. The van der Waals surface area contributed by atoms with E-state index in [1.807, 2.05) is 31.2 Å². The molecule has 0 saturated carbocycles. The Balaban J connectivity index is 1.83. The lowest BCUT2D eigenvalue weighted by Gasteiger charge is -2.34. The zero-order valence-electron chi connectivity index (χ0n) is 12.2. The number of nitrogens with one attached hydrogen (secondary N) is 1. The molecule has 0 spiro atoms. The third-order valence-corrected chi connectivity index (χ3v) is 4.04. The van der Waals surface area contributed by atoms with Crippen molar-refractivity contribution in [2.75, 3.05) is 6.54 Å². The smallest absolute Gasteiger partial charge is 0.167 e. The van der Waals surface area contributed by atoms with Gasteiger partial charge in [0.15, 0.2) is 5.82 Å². The fourth-order valence-corrected chi connectivity index (χ4v) is 2.97. The van der Waals surface area contributed by atoms with Gasteiger partial charge in [0.25, 0.3) is 0 Å². The van der Waals surface area contributed by atoms with Gasteiger partial charge in [0.1, 0.15) is 5.82 Å². The Hall–Kier alpha value is -2.19. The molecule has 1 aliphatic rings. The highest BCUT2D eigenvalue weighted by atomic mass is 15.3. The Bertz CT molecular complexity index is 655. The Morgan fingerprint density at radius 2 is 2.24 bits per heavy atom. The summed E-state index contributed by atoms with van der Waals surface area (Å²) in [7, 11) is 0. The van der Waals surface area contributed by atoms with Gasteiger partial charge in [-0.2, -0.15) is 10.4 Å². The number of nitriles is 1. The van der Waals surface area contributed by atoms with E-state index in [9.17, 15) is 5.26 Å². The molecule has 3 rings (SSSR count). The molecule has 108 valence electrons. The predicted molar refractivity (Wildman–Crippen MR) is 79.3 cm³/mol. The van der Waals surface area contributed by atoms with E-state index >= 15 is 0 Å². The Kier molecular flexibility index (Phi) is 3.98. The van der Waals surface area contributed by atoms with E-state index in [0.29, 0.717) is 0 Å². The van der Waals surface area contributed by atoms with Crippen LogP contribution < -0.4 is 0 Å². The Labute approximate surface area is 124 Å². The number of hydrogen-bond donors (Lipinski definition) is 1. The number of piperidine rings is 1. The van der Waals surface area contributed by atoms with Crippen molar-refractivity contribution >= 4 is 0 Å². The molecule has 1 saturated heterocycles. The van der Waals surface area contributed by atoms with Crippen LogP contribution in [0.1, 0.15) is 48.1 Å². The SMILES string of the molecule is Cc1nc(C2CCCCN2Cc2ccccc2C#N)n[nH]1. The summed E-state index contributed by atoms with van der Waals surface area (Å²) < 4.78 is 0. The quantitative estimate of drug-likeness (QED) is 0.939. The van der Waals surface area contributed by atoms with Gasteiger partial charge in [-0.15, -0.1) is 0 Å². The molecular weight excluding hydrogens is 262 g/mol. The van der Waals surface area contributed by atoms with Crippen LogP contribution in [0, 0.1) is 18.3 Å². The summed E-state index contributed by atoms with van der Waals surface area (Å²) in [6, 6.07) is 10.3. The number of aromatic amines is 1. The second kappa shape index (κ2) is 6.06. The van der Waals surface area contributed by atoms with E-state index in [4.69, 9.17) is 0 Å². The molecule has 2 heterocycles. The first kappa shape index (κ1) is 13.8. The van der Waals surface area contributed by atoms with Gasteiger partial charge in [0, 0.05) is 6.54 Å². The van der Waals surface area contributed by atoms with Crippen molar-refractivity contribution in [1.82, 2.24) is 20.1 Å². The van der Waals surface area contributed by atoms with Crippen molar-refractivity contribution < 1.29 is 0 Å². The largest absolute Gasteiger partial charge is 0.289 e. The number of H-pyrrole nitrogens is 1. The van der Waals surface area contributed by atoms with Gasteiger partial charge in [0.05, 0.1) is 17.7 Å². The first-order valence-corrected chi connectivity index (χ1v) is 7.39. The third kappa shape index (κ3) is 2.96. The minimum atomic E-state index is 0.246. The molecule has 2 aromatic rings. The van der Waals surface area contributed by atoms with Crippen LogP contribution in [0.5, 0.6) is 0 Å². The molecule has 1 aliphatic heterocycles. The van der Waals surface area contributed by atoms with Gasteiger partial charge >= 0.3 is 0 Å². The summed E-state index contributed by atoms with van der Waals surface area (Å²) in [6.07, 6.45) is 3.47. The normalized spacial score (nSPS) is 19.3. The highest BCUT2D eigenvalue weighted by Gasteiger charge is 2.27. The van der Waals surface area contributed by atoms with Gasteiger partial charge in [0.2, 0.25) is 0 Å². The molecule has 1 atom stereocenters. The molecular formula is C16H19N5. The van der Waals surface area contributed by atoms with E-state index in [0.717, 1.165) is 42.3 Å². The Morgan fingerprint density at radius 1 is 1.38 bits per heavy atom. The second-order valence-electron chi connectivity index (χ2n) is 5.53. The molecule has 1 aromatic carbocycles.